The van der Waals surface area contributed by atoms with Gasteiger partial charge in [0, 0.05) is 17.2 Å². The Hall–Kier alpha value is -3.86. The number of amides is 3. The van der Waals surface area contributed by atoms with Crippen LogP contribution in [0.2, 0.25) is 0 Å². The van der Waals surface area contributed by atoms with Crippen molar-refractivity contribution in [2.75, 3.05) is 0 Å². The molecule has 142 valence electrons. The van der Waals surface area contributed by atoms with E-state index in [9.17, 15) is 19.7 Å². The Bertz CT molecular complexity index is 1010. The number of hydrogen-bond acceptors (Lipinski definition) is 8. The molecule has 3 rings (SSSR count). The molecule has 0 aliphatic rings. The highest BCUT2D eigenvalue weighted by atomic mass is 32.2. The molecule has 0 saturated carbocycles. The van der Waals surface area contributed by atoms with Gasteiger partial charge in [0.25, 0.3) is 11.8 Å². The van der Waals surface area contributed by atoms with Gasteiger partial charge in [-0.05, 0) is 48.3 Å². The van der Waals surface area contributed by atoms with Crippen LogP contribution < -0.4 is 14.8 Å². The first kappa shape index (κ1) is 18.9. The normalized spacial score (nSPS) is 10.1. The van der Waals surface area contributed by atoms with E-state index in [1.165, 1.54) is 36.7 Å². The van der Waals surface area contributed by atoms with Crippen molar-refractivity contribution >= 4 is 29.6 Å². The number of nitro groups is 1. The Morgan fingerprint density at radius 3 is 2.79 bits per heavy atom. The van der Waals surface area contributed by atoms with E-state index in [0.29, 0.717) is 10.6 Å². The summed E-state index contributed by atoms with van der Waals surface area (Å²) in [5.74, 6) is -0.528. The number of benzene rings is 1. The molecule has 0 atom stereocenters. The molecule has 11 heteroatoms. The van der Waals surface area contributed by atoms with Crippen LogP contribution in [-0.2, 0) is 0 Å². The van der Waals surface area contributed by atoms with Crippen LogP contribution in [0.3, 0.4) is 0 Å². The van der Waals surface area contributed by atoms with Crippen LogP contribution in [0, 0.1) is 10.1 Å². The van der Waals surface area contributed by atoms with Crippen LogP contribution in [0.15, 0.2) is 70.3 Å². The summed E-state index contributed by atoms with van der Waals surface area (Å²) in [7, 11) is 0. The predicted octanol–water partition coefficient (Wildman–Crippen LogP) is 3.52. The number of pyridine rings is 1. The number of urea groups is 1. The second-order valence-corrected chi connectivity index (χ2v) is 6.01. The minimum absolute atomic E-state index is 0.00695. The summed E-state index contributed by atoms with van der Waals surface area (Å²) < 4.78 is 12.8. The van der Waals surface area contributed by atoms with Gasteiger partial charge in [-0.3, -0.25) is 24.9 Å². The lowest BCUT2D eigenvalue weighted by Gasteiger charge is -2.08. The number of furan rings is 1. The van der Waals surface area contributed by atoms with Crippen LogP contribution in [0.4, 0.5) is 10.5 Å². The maximum Gasteiger partial charge on any atom is 0.332 e. The van der Waals surface area contributed by atoms with E-state index in [4.69, 9.17) is 9.15 Å². The van der Waals surface area contributed by atoms with Gasteiger partial charge in [0.2, 0.25) is 0 Å². The molecule has 3 amide bonds. The highest BCUT2D eigenvalue weighted by Gasteiger charge is 2.17. The van der Waals surface area contributed by atoms with Gasteiger partial charge in [0.15, 0.2) is 5.76 Å². The SMILES string of the molecule is O=C(NSc1cccc(Oc2ncccc2[N+](=O)[O-])c1)NC(=O)c1ccco1. The number of carbonyl (C=O) groups is 2. The summed E-state index contributed by atoms with van der Waals surface area (Å²) in [6.07, 6.45) is 2.70. The first-order valence-corrected chi connectivity index (χ1v) is 8.53. The lowest BCUT2D eigenvalue weighted by molar-refractivity contribution is -0.386. The Kier molecular flexibility index (Phi) is 5.87. The van der Waals surface area contributed by atoms with Crippen molar-refractivity contribution in [3.63, 3.8) is 0 Å². The zero-order valence-electron chi connectivity index (χ0n) is 14.0. The maximum absolute atomic E-state index is 11.8. The third kappa shape index (κ3) is 4.86. The van der Waals surface area contributed by atoms with Crippen molar-refractivity contribution in [1.29, 1.82) is 0 Å². The Balaban J connectivity index is 1.60. The van der Waals surface area contributed by atoms with Crippen molar-refractivity contribution in [2.24, 2.45) is 0 Å². The van der Waals surface area contributed by atoms with E-state index in [0.717, 1.165) is 11.9 Å². The molecule has 2 N–H and O–H groups in total. The summed E-state index contributed by atoms with van der Waals surface area (Å²) in [5, 5.41) is 13.1. The summed E-state index contributed by atoms with van der Waals surface area (Å²) in [6.45, 7) is 0. The summed E-state index contributed by atoms with van der Waals surface area (Å²) in [4.78, 5) is 38.4. The molecule has 0 saturated heterocycles. The molecule has 0 fully saturated rings. The zero-order chi connectivity index (χ0) is 19.9. The van der Waals surface area contributed by atoms with Gasteiger partial charge in [-0.1, -0.05) is 6.07 Å². The molecule has 3 aromatic rings. The van der Waals surface area contributed by atoms with Gasteiger partial charge in [0.1, 0.15) is 5.75 Å². The zero-order valence-corrected chi connectivity index (χ0v) is 14.8. The minimum atomic E-state index is -0.738. The molecule has 0 aliphatic heterocycles. The average Bonchev–Trinajstić information content (AvgIpc) is 3.22. The van der Waals surface area contributed by atoms with Crippen LogP contribution in [0.25, 0.3) is 0 Å². The molecule has 10 nitrogen and oxygen atoms in total. The monoisotopic (exact) mass is 400 g/mol. The number of ether oxygens (including phenoxy) is 1. The molecule has 1 aromatic carbocycles. The second-order valence-electron chi connectivity index (χ2n) is 5.13. The third-order valence-electron chi connectivity index (χ3n) is 3.20. The molecule has 0 bridgehead atoms. The molecular formula is C17H12N4O6S. The number of nitrogens with zero attached hydrogens (tertiary/aromatic N) is 2. The third-order valence-corrected chi connectivity index (χ3v) is 3.98. The summed E-state index contributed by atoms with van der Waals surface area (Å²) >= 11 is 0.924. The van der Waals surface area contributed by atoms with Crippen molar-refractivity contribution in [3.05, 3.63) is 76.9 Å². The van der Waals surface area contributed by atoms with Gasteiger partial charge in [-0.15, -0.1) is 0 Å². The Morgan fingerprint density at radius 1 is 1.18 bits per heavy atom. The van der Waals surface area contributed by atoms with Crippen molar-refractivity contribution in [3.8, 4) is 11.6 Å². The number of rotatable bonds is 6. The van der Waals surface area contributed by atoms with Crippen molar-refractivity contribution in [1.82, 2.24) is 15.0 Å². The average molecular weight is 400 g/mol. The number of hydrogen-bond donors (Lipinski definition) is 2. The van der Waals surface area contributed by atoms with Gasteiger partial charge in [-0.2, -0.15) is 0 Å². The largest absolute Gasteiger partial charge is 0.459 e. The highest BCUT2D eigenvalue weighted by Crippen LogP contribution is 2.30. The topological polar surface area (TPSA) is 137 Å². The fourth-order valence-corrected chi connectivity index (χ4v) is 2.60. The van der Waals surface area contributed by atoms with Gasteiger partial charge in [-0.25, -0.2) is 9.78 Å². The summed E-state index contributed by atoms with van der Waals surface area (Å²) in [5.41, 5.74) is -0.269. The number of imide groups is 1. The number of aromatic nitrogens is 1. The maximum atomic E-state index is 11.8. The quantitative estimate of drug-likeness (QED) is 0.364. The van der Waals surface area contributed by atoms with E-state index in [1.54, 1.807) is 24.3 Å². The van der Waals surface area contributed by atoms with E-state index in [1.807, 2.05) is 0 Å². The van der Waals surface area contributed by atoms with Gasteiger partial charge >= 0.3 is 11.7 Å². The first-order valence-electron chi connectivity index (χ1n) is 7.72. The lowest BCUT2D eigenvalue weighted by atomic mass is 10.3. The van der Waals surface area contributed by atoms with Crippen LogP contribution in [0.1, 0.15) is 10.6 Å². The molecule has 0 spiro atoms. The van der Waals surface area contributed by atoms with Crippen molar-refractivity contribution in [2.45, 2.75) is 4.90 Å². The fraction of sp³-hybridized carbons (Fsp3) is 0. The molecule has 2 heterocycles. The summed E-state index contributed by atoms with van der Waals surface area (Å²) in [6, 6.07) is 11.4. The number of nitrogens with one attached hydrogen (secondary N) is 2. The Labute approximate surface area is 162 Å². The van der Waals surface area contributed by atoms with Crippen LogP contribution in [-0.4, -0.2) is 21.8 Å². The molecular weight excluding hydrogens is 388 g/mol. The highest BCUT2D eigenvalue weighted by molar-refractivity contribution is 7.98. The van der Waals surface area contributed by atoms with E-state index in [-0.39, 0.29) is 17.3 Å². The standard InChI is InChI=1S/C17H12N4O6S/c22-15(14-7-3-9-26-14)19-17(23)20-28-12-5-1-4-11(10-12)27-16-13(21(24)25)6-2-8-18-16/h1-10H,(H2,19,20,22,23). The van der Waals surface area contributed by atoms with Gasteiger partial charge < -0.3 is 9.15 Å². The minimum Gasteiger partial charge on any atom is -0.459 e. The smallest absolute Gasteiger partial charge is 0.332 e. The Morgan fingerprint density at radius 2 is 2.04 bits per heavy atom. The van der Waals surface area contributed by atoms with E-state index < -0.39 is 16.9 Å². The van der Waals surface area contributed by atoms with Gasteiger partial charge in [0.05, 0.1) is 11.2 Å². The van der Waals surface area contributed by atoms with Crippen molar-refractivity contribution < 1.29 is 23.7 Å². The molecule has 2 aromatic heterocycles. The van der Waals surface area contributed by atoms with Crippen LogP contribution >= 0.6 is 11.9 Å². The molecule has 0 radical (unpaired) electrons. The fourth-order valence-electron chi connectivity index (χ4n) is 2.02. The number of carbonyl (C=O) groups excluding carboxylic acids is 2. The first-order chi connectivity index (χ1) is 13.5. The predicted molar refractivity (Wildman–Crippen MR) is 98.0 cm³/mol. The molecule has 0 aliphatic carbocycles. The molecule has 0 unspecified atom stereocenters. The van der Waals surface area contributed by atoms with E-state index >= 15 is 0 Å². The van der Waals surface area contributed by atoms with E-state index in [2.05, 4.69) is 15.0 Å². The second kappa shape index (κ2) is 8.68. The molecule has 28 heavy (non-hydrogen) atoms. The van der Waals surface area contributed by atoms with Crippen LogP contribution in [0.5, 0.6) is 11.6 Å². The lowest BCUT2D eigenvalue weighted by Crippen LogP contribution is -2.36.